The largest absolute Gasteiger partial charge is 0.467 e. The molecule has 2 atom stereocenters. The average molecular weight is 385 g/mol. The van der Waals surface area contributed by atoms with Gasteiger partial charge < -0.3 is 9.73 Å². The van der Waals surface area contributed by atoms with Gasteiger partial charge in [0, 0.05) is 6.04 Å². The lowest BCUT2D eigenvalue weighted by Crippen LogP contribution is -2.32. The molecule has 7 heteroatoms. The first kappa shape index (κ1) is 19.2. The number of carbonyl (C=O) groups excluding carboxylic acids is 1. The van der Waals surface area contributed by atoms with E-state index in [1.54, 1.807) is 23.0 Å². The number of thioether (sulfide) groups is 1. The van der Waals surface area contributed by atoms with E-state index in [9.17, 15) is 9.59 Å². The van der Waals surface area contributed by atoms with Gasteiger partial charge in [0.25, 0.3) is 5.56 Å². The Labute approximate surface area is 162 Å². The number of hydrogen-bond donors (Lipinski definition) is 1. The summed E-state index contributed by atoms with van der Waals surface area (Å²) in [6, 6.07) is 10.9. The molecule has 2 heterocycles. The molecule has 27 heavy (non-hydrogen) atoms. The van der Waals surface area contributed by atoms with Gasteiger partial charge in [-0.05, 0) is 44.5 Å². The summed E-state index contributed by atoms with van der Waals surface area (Å²) < 4.78 is 6.93. The molecule has 1 N–H and O–H groups in total. The summed E-state index contributed by atoms with van der Waals surface area (Å²) in [6.45, 7) is 6.16. The summed E-state index contributed by atoms with van der Waals surface area (Å²) in [5.74, 6) is 0.565. The number of nitrogens with zero attached hydrogens (tertiary/aromatic N) is 2. The van der Waals surface area contributed by atoms with Crippen molar-refractivity contribution in [1.29, 1.82) is 0 Å². The van der Waals surface area contributed by atoms with Crippen LogP contribution < -0.4 is 10.9 Å². The van der Waals surface area contributed by atoms with E-state index in [1.165, 1.54) is 11.8 Å². The highest BCUT2D eigenvalue weighted by atomic mass is 32.2. The molecule has 0 unspecified atom stereocenters. The number of hydrogen-bond acceptors (Lipinski definition) is 5. The highest BCUT2D eigenvalue weighted by Gasteiger charge is 2.21. The summed E-state index contributed by atoms with van der Waals surface area (Å²) in [4.78, 5) is 30.1. The zero-order valence-electron chi connectivity index (χ0n) is 15.6. The standard InChI is InChI=1S/C20H23N3O3S/c1-4-13(2)23-19(25)16-9-5-6-10-17(16)22-20(23)27-14(3)18(24)21-12-15-8-7-11-26-15/h5-11,13-14H,4,12H2,1-3H3,(H,21,24)/t13-,14-/m1/s1. The van der Waals surface area contributed by atoms with Gasteiger partial charge in [-0.25, -0.2) is 4.98 Å². The number of aromatic nitrogens is 2. The maximum Gasteiger partial charge on any atom is 0.262 e. The van der Waals surface area contributed by atoms with E-state index in [1.807, 2.05) is 45.0 Å². The number of benzene rings is 1. The lowest BCUT2D eigenvalue weighted by Gasteiger charge is -2.20. The number of nitrogens with one attached hydrogen (secondary N) is 1. The van der Waals surface area contributed by atoms with Crippen LogP contribution >= 0.6 is 11.8 Å². The van der Waals surface area contributed by atoms with Crippen molar-refractivity contribution < 1.29 is 9.21 Å². The summed E-state index contributed by atoms with van der Waals surface area (Å²) in [5, 5.41) is 3.61. The molecule has 0 aliphatic rings. The lowest BCUT2D eigenvalue weighted by atomic mass is 10.2. The number of furan rings is 1. The van der Waals surface area contributed by atoms with Crippen LogP contribution in [0.2, 0.25) is 0 Å². The number of amides is 1. The Hall–Kier alpha value is -2.54. The van der Waals surface area contributed by atoms with E-state index in [0.29, 0.717) is 28.4 Å². The van der Waals surface area contributed by atoms with Crippen molar-refractivity contribution >= 4 is 28.6 Å². The molecule has 0 fully saturated rings. The number of para-hydroxylation sites is 1. The topological polar surface area (TPSA) is 77.1 Å². The van der Waals surface area contributed by atoms with E-state index < -0.39 is 5.25 Å². The van der Waals surface area contributed by atoms with Gasteiger partial charge in [-0.1, -0.05) is 30.8 Å². The van der Waals surface area contributed by atoms with Gasteiger partial charge in [0.15, 0.2) is 5.16 Å². The third kappa shape index (κ3) is 4.24. The molecule has 6 nitrogen and oxygen atoms in total. The molecule has 0 saturated carbocycles. The fraction of sp³-hybridized carbons (Fsp3) is 0.350. The predicted molar refractivity (Wildman–Crippen MR) is 107 cm³/mol. The van der Waals surface area contributed by atoms with Crippen LogP contribution in [-0.4, -0.2) is 20.7 Å². The second-order valence-corrected chi connectivity index (χ2v) is 7.71. The lowest BCUT2D eigenvalue weighted by molar-refractivity contribution is -0.120. The van der Waals surface area contributed by atoms with Crippen LogP contribution in [0.4, 0.5) is 0 Å². The molecule has 3 rings (SSSR count). The fourth-order valence-corrected chi connectivity index (χ4v) is 3.76. The first-order valence-electron chi connectivity index (χ1n) is 8.99. The Balaban J connectivity index is 1.86. The molecule has 0 aliphatic carbocycles. The molecule has 0 bridgehead atoms. The van der Waals surface area contributed by atoms with Crippen molar-refractivity contribution in [3.63, 3.8) is 0 Å². The summed E-state index contributed by atoms with van der Waals surface area (Å²) in [5.41, 5.74) is 0.577. The quantitative estimate of drug-likeness (QED) is 0.495. The highest BCUT2D eigenvalue weighted by Crippen LogP contribution is 2.26. The van der Waals surface area contributed by atoms with Gasteiger partial charge in [-0.2, -0.15) is 0 Å². The second kappa shape index (κ2) is 8.43. The van der Waals surface area contributed by atoms with Crippen LogP contribution in [0.5, 0.6) is 0 Å². The summed E-state index contributed by atoms with van der Waals surface area (Å²) >= 11 is 1.30. The second-order valence-electron chi connectivity index (χ2n) is 6.40. The maximum atomic E-state index is 13.0. The average Bonchev–Trinajstić information content (AvgIpc) is 3.19. The third-order valence-corrected chi connectivity index (χ3v) is 5.54. The van der Waals surface area contributed by atoms with E-state index in [4.69, 9.17) is 4.42 Å². The Morgan fingerprint density at radius 3 is 2.74 bits per heavy atom. The molecule has 0 saturated heterocycles. The molecule has 142 valence electrons. The van der Waals surface area contributed by atoms with E-state index in [-0.39, 0.29) is 17.5 Å². The van der Waals surface area contributed by atoms with Crippen LogP contribution in [-0.2, 0) is 11.3 Å². The van der Waals surface area contributed by atoms with E-state index in [2.05, 4.69) is 10.3 Å². The SMILES string of the molecule is CC[C@@H](C)n1c(S[C@H](C)C(=O)NCc2ccco2)nc2ccccc2c1=O. The summed E-state index contributed by atoms with van der Waals surface area (Å²) in [6.07, 6.45) is 2.37. The molecule has 2 aromatic heterocycles. The van der Waals surface area contributed by atoms with Crippen molar-refractivity contribution in [2.45, 2.75) is 50.2 Å². The molecule has 1 amide bonds. The third-order valence-electron chi connectivity index (χ3n) is 4.48. The van der Waals surface area contributed by atoms with Gasteiger partial charge in [0.2, 0.25) is 5.91 Å². The van der Waals surface area contributed by atoms with Crippen LogP contribution in [0.15, 0.2) is 57.0 Å². The zero-order chi connectivity index (χ0) is 19.4. The van der Waals surface area contributed by atoms with E-state index >= 15 is 0 Å². The highest BCUT2D eigenvalue weighted by molar-refractivity contribution is 8.00. The van der Waals surface area contributed by atoms with E-state index in [0.717, 1.165) is 6.42 Å². The maximum absolute atomic E-state index is 13.0. The van der Waals surface area contributed by atoms with Crippen molar-refractivity contribution in [3.05, 3.63) is 58.8 Å². The molecule has 0 radical (unpaired) electrons. The van der Waals surface area contributed by atoms with Crippen molar-refractivity contribution in [3.8, 4) is 0 Å². The van der Waals surface area contributed by atoms with Crippen LogP contribution in [0.25, 0.3) is 10.9 Å². The van der Waals surface area contributed by atoms with Gasteiger partial charge in [-0.15, -0.1) is 0 Å². The Morgan fingerprint density at radius 1 is 1.26 bits per heavy atom. The minimum absolute atomic E-state index is 0.00418. The Morgan fingerprint density at radius 2 is 2.04 bits per heavy atom. The summed E-state index contributed by atoms with van der Waals surface area (Å²) in [7, 11) is 0. The van der Waals surface area contributed by atoms with Gasteiger partial charge in [0.1, 0.15) is 5.76 Å². The monoisotopic (exact) mass is 385 g/mol. The molecule has 0 aliphatic heterocycles. The normalized spacial score (nSPS) is 13.4. The molecule has 1 aromatic carbocycles. The number of rotatable bonds is 7. The van der Waals surface area contributed by atoms with Crippen molar-refractivity contribution in [2.75, 3.05) is 0 Å². The number of carbonyl (C=O) groups is 1. The zero-order valence-corrected chi connectivity index (χ0v) is 16.5. The van der Waals surface area contributed by atoms with Crippen LogP contribution in [0, 0.1) is 0 Å². The first-order valence-corrected chi connectivity index (χ1v) is 9.87. The van der Waals surface area contributed by atoms with Gasteiger partial charge in [-0.3, -0.25) is 14.2 Å². The smallest absolute Gasteiger partial charge is 0.262 e. The molecular formula is C20H23N3O3S. The fourth-order valence-electron chi connectivity index (χ4n) is 2.72. The minimum atomic E-state index is -0.400. The Bertz CT molecular complexity index is 982. The molecule has 3 aromatic rings. The van der Waals surface area contributed by atoms with Gasteiger partial charge >= 0.3 is 0 Å². The van der Waals surface area contributed by atoms with Gasteiger partial charge in [0.05, 0.1) is 29.0 Å². The first-order chi connectivity index (χ1) is 13.0. The molecular weight excluding hydrogens is 362 g/mol. The number of fused-ring (bicyclic) bond motifs is 1. The predicted octanol–water partition coefficient (Wildman–Crippen LogP) is 3.76. The van der Waals surface area contributed by atoms with Crippen molar-refractivity contribution in [2.24, 2.45) is 0 Å². The van der Waals surface area contributed by atoms with Crippen molar-refractivity contribution in [1.82, 2.24) is 14.9 Å². The molecule has 0 spiro atoms. The van der Waals surface area contributed by atoms with Crippen LogP contribution in [0.1, 0.15) is 39.0 Å². The minimum Gasteiger partial charge on any atom is -0.467 e. The van der Waals surface area contributed by atoms with Crippen LogP contribution in [0.3, 0.4) is 0 Å². The Kier molecular flexibility index (Phi) is 6.01.